The summed E-state index contributed by atoms with van der Waals surface area (Å²) in [6.07, 6.45) is 0.878. The summed E-state index contributed by atoms with van der Waals surface area (Å²) in [6.45, 7) is 10.5. The lowest BCUT2D eigenvalue weighted by molar-refractivity contribution is 0.730. The number of hydrogen-bond donors (Lipinski definition) is 1. The molecule has 1 aromatic heterocycles. The molecule has 2 N–H and O–H groups in total. The number of benzene rings is 1. The van der Waals surface area contributed by atoms with Crippen LogP contribution in [0.5, 0.6) is 0 Å². The molecule has 3 nitrogen and oxygen atoms in total. The summed E-state index contributed by atoms with van der Waals surface area (Å²) in [6, 6.07) is 6.62. The lowest BCUT2D eigenvalue weighted by atomic mass is 10.1. The summed E-state index contributed by atoms with van der Waals surface area (Å²) in [5, 5.41) is 4.70. The minimum Gasteiger partial charge on any atom is -0.328 e. The second kappa shape index (κ2) is 5.17. The zero-order chi connectivity index (χ0) is 14.2. The first-order valence-corrected chi connectivity index (χ1v) is 6.78. The average Bonchev–Trinajstić information content (AvgIpc) is 2.60. The minimum absolute atomic E-state index is 0.161. The average molecular weight is 257 g/mol. The number of aryl methyl sites for hydroxylation is 3. The number of hydrogen-bond acceptors (Lipinski definition) is 2. The van der Waals surface area contributed by atoms with Crippen LogP contribution in [0, 0.1) is 27.7 Å². The molecule has 2 aromatic rings. The number of rotatable bonds is 3. The van der Waals surface area contributed by atoms with Gasteiger partial charge in [0, 0.05) is 11.7 Å². The number of nitrogens with zero attached hydrogens (tertiary/aromatic N) is 2. The Labute approximate surface area is 115 Å². The third kappa shape index (κ3) is 2.71. The van der Waals surface area contributed by atoms with Crippen LogP contribution in [0.15, 0.2) is 18.2 Å². The Morgan fingerprint density at radius 2 is 1.89 bits per heavy atom. The van der Waals surface area contributed by atoms with Gasteiger partial charge in [-0.1, -0.05) is 12.1 Å². The molecule has 1 unspecified atom stereocenters. The number of aromatic nitrogens is 2. The normalized spacial score (nSPS) is 12.7. The van der Waals surface area contributed by atoms with E-state index in [9.17, 15) is 0 Å². The molecule has 1 heterocycles. The fraction of sp³-hybridized carbons (Fsp3) is 0.438. The third-order valence-corrected chi connectivity index (χ3v) is 3.56. The quantitative estimate of drug-likeness (QED) is 0.918. The molecular formula is C16H23N3. The molecule has 2 rings (SSSR count). The maximum absolute atomic E-state index is 5.93. The summed E-state index contributed by atoms with van der Waals surface area (Å²) in [5.41, 5.74) is 13.1. The van der Waals surface area contributed by atoms with E-state index in [0.29, 0.717) is 0 Å². The van der Waals surface area contributed by atoms with Crippen molar-refractivity contribution in [3.8, 4) is 5.69 Å². The van der Waals surface area contributed by atoms with E-state index >= 15 is 0 Å². The van der Waals surface area contributed by atoms with Gasteiger partial charge in [-0.15, -0.1) is 0 Å². The second-order valence-corrected chi connectivity index (χ2v) is 5.53. The van der Waals surface area contributed by atoms with Crippen LogP contribution in [0.4, 0.5) is 0 Å². The van der Waals surface area contributed by atoms with Crippen molar-refractivity contribution >= 4 is 0 Å². The van der Waals surface area contributed by atoms with E-state index in [4.69, 9.17) is 10.8 Å². The molecule has 0 spiro atoms. The Balaban J connectivity index is 2.54. The summed E-state index contributed by atoms with van der Waals surface area (Å²) >= 11 is 0. The highest BCUT2D eigenvalue weighted by Crippen LogP contribution is 2.22. The van der Waals surface area contributed by atoms with Crippen LogP contribution in [-0.4, -0.2) is 15.8 Å². The molecule has 0 amide bonds. The largest absolute Gasteiger partial charge is 0.328 e. The SMILES string of the molecule is Cc1ccc(C)c(-n2nc(C)c(CC(C)N)c2C)c1. The molecule has 0 bridgehead atoms. The Kier molecular flexibility index (Phi) is 3.76. The molecular weight excluding hydrogens is 234 g/mol. The molecule has 0 saturated carbocycles. The number of nitrogens with two attached hydrogens (primary N) is 1. The van der Waals surface area contributed by atoms with Crippen molar-refractivity contribution in [1.29, 1.82) is 0 Å². The smallest absolute Gasteiger partial charge is 0.0680 e. The zero-order valence-electron chi connectivity index (χ0n) is 12.5. The first kappa shape index (κ1) is 13.8. The molecule has 102 valence electrons. The van der Waals surface area contributed by atoms with Gasteiger partial charge in [-0.25, -0.2) is 4.68 Å². The predicted molar refractivity (Wildman–Crippen MR) is 79.9 cm³/mol. The van der Waals surface area contributed by atoms with Gasteiger partial charge < -0.3 is 5.73 Å². The van der Waals surface area contributed by atoms with Crippen LogP contribution in [0.1, 0.15) is 35.0 Å². The standard InChI is InChI=1S/C16H23N3/c1-10-6-7-11(2)16(8-10)19-14(5)15(9-12(3)17)13(4)18-19/h6-8,12H,9,17H2,1-5H3. The molecule has 0 aliphatic carbocycles. The van der Waals surface area contributed by atoms with Crippen LogP contribution in [0.3, 0.4) is 0 Å². The Bertz CT molecular complexity index is 594. The Morgan fingerprint density at radius 1 is 1.21 bits per heavy atom. The van der Waals surface area contributed by atoms with E-state index in [1.54, 1.807) is 0 Å². The molecule has 19 heavy (non-hydrogen) atoms. The van der Waals surface area contributed by atoms with Crippen molar-refractivity contribution in [1.82, 2.24) is 9.78 Å². The highest BCUT2D eigenvalue weighted by Gasteiger charge is 2.15. The monoisotopic (exact) mass is 257 g/mol. The van der Waals surface area contributed by atoms with Crippen molar-refractivity contribution in [3.63, 3.8) is 0 Å². The van der Waals surface area contributed by atoms with Crippen molar-refractivity contribution in [2.24, 2.45) is 5.73 Å². The Morgan fingerprint density at radius 3 is 2.53 bits per heavy atom. The molecule has 1 atom stereocenters. The van der Waals surface area contributed by atoms with Gasteiger partial charge in [-0.3, -0.25) is 0 Å². The van der Waals surface area contributed by atoms with Gasteiger partial charge in [0.1, 0.15) is 0 Å². The third-order valence-electron chi connectivity index (χ3n) is 3.56. The zero-order valence-corrected chi connectivity index (χ0v) is 12.5. The highest BCUT2D eigenvalue weighted by atomic mass is 15.3. The van der Waals surface area contributed by atoms with Crippen LogP contribution < -0.4 is 5.73 Å². The topological polar surface area (TPSA) is 43.8 Å². The molecule has 0 aliphatic rings. The first-order valence-electron chi connectivity index (χ1n) is 6.78. The summed E-state index contributed by atoms with van der Waals surface area (Å²) in [4.78, 5) is 0. The summed E-state index contributed by atoms with van der Waals surface area (Å²) < 4.78 is 2.05. The van der Waals surface area contributed by atoms with E-state index in [-0.39, 0.29) is 6.04 Å². The van der Waals surface area contributed by atoms with E-state index in [1.807, 2.05) is 6.92 Å². The predicted octanol–water partition coefficient (Wildman–Crippen LogP) is 3.00. The van der Waals surface area contributed by atoms with E-state index < -0.39 is 0 Å². The first-order chi connectivity index (χ1) is 8.90. The van der Waals surface area contributed by atoms with E-state index in [0.717, 1.165) is 17.8 Å². The van der Waals surface area contributed by atoms with Gasteiger partial charge in [-0.2, -0.15) is 5.10 Å². The summed E-state index contributed by atoms with van der Waals surface area (Å²) in [7, 11) is 0. The molecule has 1 aromatic carbocycles. The van der Waals surface area contributed by atoms with Gasteiger partial charge in [0.15, 0.2) is 0 Å². The van der Waals surface area contributed by atoms with Crippen LogP contribution >= 0.6 is 0 Å². The minimum atomic E-state index is 0.161. The van der Waals surface area contributed by atoms with E-state index in [1.165, 1.54) is 22.4 Å². The van der Waals surface area contributed by atoms with Crippen LogP contribution in [-0.2, 0) is 6.42 Å². The lowest BCUT2D eigenvalue weighted by Crippen LogP contribution is -2.18. The van der Waals surface area contributed by atoms with Crippen LogP contribution in [0.25, 0.3) is 5.69 Å². The van der Waals surface area contributed by atoms with Gasteiger partial charge >= 0.3 is 0 Å². The van der Waals surface area contributed by atoms with E-state index in [2.05, 4.69) is 50.6 Å². The molecule has 0 aliphatic heterocycles. The van der Waals surface area contributed by atoms with Crippen molar-refractivity contribution < 1.29 is 0 Å². The molecule has 0 fully saturated rings. The lowest BCUT2D eigenvalue weighted by Gasteiger charge is -2.10. The summed E-state index contributed by atoms with van der Waals surface area (Å²) in [5.74, 6) is 0. The maximum Gasteiger partial charge on any atom is 0.0680 e. The highest BCUT2D eigenvalue weighted by molar-refractivity contribution is 5.45. The van der Waals surface area contributed by atoms with Crippen molar-refractivity contribution in [2.45, 2.75) is 47.1 Å². The fourth-order valence-electron chi connectivity index (χ4n) is 2.47. The Hall–Kier alpha value is -1.61. The van der Waals surface area contributed by atoms with Gasteiger partial charge in [0.2, 0.25) is 0 Å². The molecule has 0 radical (unpaired) electrons. The molecule has 0 saturated heterocycles. The van der Waals surface area contributed by atoms with Gasteiger partial charge in [-0.05, 0) is 63.8 Å². The maximum atomic E-state index is 5.93. The van der Waals surface area contributed by atoms with Crippen molar-refractivity contribution in [3.05, 3.63) is 46.3 Å². The van der Waals surface area contributed by atoms with Crippen molar-refractivity contribution in [2.75, 3.05) is 0 Å². The second-order valence-electron chi connectivity index (χ2n) is 5.53. The fourth-order valence-corrected chi connectivity index (χ4v) is 2.47. The van der Waals surface area contributed by atoms with Crippen LogP contribution in [0.2, 0.25) is 0 Å². The molecule has 3 heteroatoms. The van der Waals surface area contributed by atoms with Gasteiger partial charge in [0.25, 0.3) is 0 Å². The van der Waals surface area contributed by atoms with Gasteiger partial charge in [0.05, 0.1) is 11.4 Å².